The van der Waals surface area contributed by atoms with Crippen molar-refractivity contribution in [1.82, 2.24) is 9.80 Å². The Morgan fingerprint density at radius 1 is 1.21 bits per heavy atom. The number of carbonyl (C=O) groups excluding carboxylic acids is 5. The van der Waals surface area contributed by atoms with Crippen molar-refractivity contribution in [3.63, 3.8) is 0 Å². The number of nitrogens with zero attached hydrogens (tertiary/aromatic N) is 2. The number of rotatable bonds is 10. The number of likely N-dealkylation sites (N-methyl/N-ethyl adjacent to an activating group) is 1. The number of aldehydes is 1. The molecule has 8 nitrogen and oxygen atoms in total. The monoisotopic (exact) mass is 512 g/mol. The van der Waals surface area contributed by atoms with Crippen LogP contribution in [-0.4, -0.2) is 63.8 Å². The smallest absolute Gasteiger partial charge is 0.254 e. The van der Waals surface area contributed by atoms with Crippen LogP contribution >= 0.6 is 22.6 Å². The molecule has 1 atom stereocenters. The molecule has 0 bridgehead atoms. The maximum absolute atomic E-state index is 12.3. The zero-order valence-electron chi connectivity index (χ0n) is 16.1. The highest BCUT2D eigenvalue weighted by Crippen LogP contribution is 2.21. The van der Waals surface area contributed by atoms with Gasteiger partial charge in [0.15, 0.2) is 10.1 Å². The summed E-state index contributed by atoms with van der Waals surface area (Å²) >= 11 is 1.63. The fourth-order valence-corrected chi connectivity index (χ4v) is 3.18. The normalized spacial score (nSPS) is 14.1. The second kappa shape index (κ2) is 10.3. The molecular weight excluding hydrogens is 491 g/mol. The van der Waals surface area contributed by atoms with Gasteiger partial charge in [0.2, 0.25) is 5.91 Å². The van der Waals surface area contributed by atoms with Gasteiger partial charge in [-0.3, -0.25) is 28.9 Å². The molecule has 0 radical (unpaired) electrons. The first-order chi connectivity index (χ1) is 13.7. The van der Waals surface area contributed by atoms with Crippen LogP contribution in [0.5, 0.6) is 5.75 Å². The Morgan fingerprint density at radius 3 is 2.45 bits per heavy atom. The summed E-state index contributed by atoms with van der Waals surface area (Å²) in [6.45, 7) is 1.72. The Morgan fingerprint density at radius 2 is 1.86 bits per heavy atom. The van der Waals surface area contributed by atoms with E-state index in [0.717, 1.165) is 22.6 Å². The van der Waals surface area contributed by atoms with E-state index in [0.29, 0.717) is 17.6 Å². The molecule has 1 aliphatic heterocycles. The molecule has 0 N–H and O–H groups in total. The SMILES string of the molecule is Cc1cccc(OCC(CN(C)C(=O)CCC(=O)I)N2C(=O)C=CC2=O)c1C=O. The third kappa shape index (κ3) is 5.96. The number of amides is 3. The van der Waals surface area contributed by atoms with E-state index in [-0.39, 0.29) is 35.7 Å². The van der Waals surface area contributed by atoms with Crippen molar-refractivity contribution >= 4 is 50.4 Å². The Balaban J connectivity index is 2.16. The Bertz CT molecular complexity index is 849. The van der Waals surface area contributed by atoms with E-state index < -0.39 is 17.9 Å². The van der Waals surface area contributed by atoms with Crippen molar-refractivity contribution in [3.05, 3.63) is 41.5 Å². The molecule has 154 valence electrons. The zero-order valence-corrected chi connectivity index (χ0v) is 18.2. The molecule has 1 unspecified atom stereocenters. The van der Waals surface area contributed by atoms with Gasteiger partial charge in [-0.05, 0) is 41.1 Å². The Kier molecular flexibility index (Phi) is 8.06. The van der Waals surface area contributed by atoms with E-state index in [1.165, 1.54) is 11.9 Å². The van der Waals surface area contributed by atoms with Crippen LogP contribution in [0.25, 0.3) is 0 Å². The van der Waals surface area contributed by atoms with Gasteiger partial charge in [0.05, 0.1) is 11.6 Å². The third-order valence-corrected chi connectivity index (χ3v) is 5.03. The highest BCUT2D eigenvalue weighted by atomic mass is 127. The number of benzene rings is 1. The van der Waals surface area contributed by atoms with E-state index in [1.54, 1.807) is 47.7 Å². The average Bonchev–Trinajstić information content (AvgIpc) is 3.01. The molecule has 3 amide bonds. The summed E-state index contributed by atoms with van der Waals surface area (Å²) in [5, 5.41) is 0. The molecule has 0 aliphatic carbocycles. The maximum atomic E-state index is 12.3. The molecule has 1 aromatic rings. The number of hydrogen-bond donors (Lipinski definition) is 0. The number of carbonyl (C=O) groups is 5. The molecular formula is C20H21IN2O6. The molecule has 2 rings (SSSR count). The van der Waals surface area contributed by atoms with Gasteiger partial charge in [-0.1, -0.05) is 12.1 Å². The summed E-state index contributed by atoms with van der Waals surface area (Å²) in [4.78, 5) is 61.4. The quantitative estimate of drug-likeness (QED) is 0.205. The van der Waals surface area contributed by atoms with Crippen molar-refractivity contribution in [3.8, 4) is 5.75 Å². The molecule has 9 heteroatoms. The minimum atomic E-state index is -0.755. The van der Waals surface area contributed by atoms with Gasteiger partial charge in [-0.15, -0.1) is 0 Å². The first-order valence-electron chi connectivity index (χ1n) is 8.89. The molecule has 1 aliphatic rings. The van der Waals surface area contributed by atoms with E-state index in [2.05, 4.69) is 0 Å². The fourth-order valence-electron chi connectivity index (χ4n) is 2.91. The lowest BCUT2D eigenvalue weighted by atomic mass is 10.1. The van der Waals surface area contributed by atoms with Gasteiger partial charge in [0.1, 0.15) is 12.4 Å². The summed E-state index contributed by atoms with van der Waals surface area (Å²) in [6, 6.07) is 4.37. The second-order valence-corrected chi connectivity index (χ2v) is 7.78. The van der Waals surface area contributed by atoms with Gasteiger partial charge in [-0.2, -0.15) is 0 Å². The summed E-state index contributed by atoms with van der Waals surface area (Å²) in [7, 11) is 1.54. The van der Waals surface area contributed by atoms with Crippen LogP contribution in [-0.2, 0) is 19.2 Å². The number of ether oxygens (including phenoxy) is 1. The van der Waals surface area contributed by atoms with Crippen molar-refractivity contribution in [2.24, 2.45) is 0 Å². The third-order valence-electron chi connectivity index (χ3n) is 4.49. The van der Waals surface area contributed by atoms with Crippen LogP contribution in [0.15, 0.2) is 30.4 Å². The summed E-state index contributed by atoms with van der Waals surface area (Å²) in [5.41, 5.74) is 1.12. The molecule has 0 spiro atoms. The van der Waals surface area contributed by atoms with Crippen LogP contribution < -0.4 is 4.74 Å². The number of aryl methyl sites for hydroxylation is 1. The van der Waals surface area contributed by atoms with E-state index in [1.807, 2.05) is 0 Å². The summed E-state index contributed by atoms with van der Waals surface area (Å²) in [5.74, 6) is -0.934. The molecule has 0 saturated carbocycles. The predicted molar refractivity (Wildman–Crippen MR) is 113 cm³/mol. The fraction of sp³-hybridized carbons (Fsp3) is 0.350. The van der Waals surface area contributed by atoms with Gasteiger partial charge in [0, 0.05) is 38.6 Å². The van der Waals surface area contributed by atoms with Crippen LogP contribution in [0.2, 0.25) is 0 Å². The summed E-state index contributed by atoms with van der Waals surface area (Å²) in [6.07, 6.45) is 3.16. The van der Waals surface area contributed by atoms with Crippen molar-refractivity contribution in [1.29, 1.82) is 0 Å². The Hall–Kier alpha value is -2.56. The molecule has 1 heterocycles. The minimum absolute atomic E-state index is 0.0374. The largest absolute Gasteiger partial charge is 0.491 e. The Labute approximate surface area is 182 Å². The standard InChI is InChI=1S/C20H21IN2O6/c1-13-4-3-5-16(15(13)11-24)29-12-14(23-19(27)8-9-20(23)28)10-22(2)18(26)7-6-17(21)25/h3-5,8-9,11,14H,6-7,10,12H2,1-2H3. The van der Waals surface area contributed by atoms with Crippen LogP contribution in [0, 0.1) is 6.92 Å². The van der Waals surface area contributed by atoms with Gasteiger partial charge < -0.3 is 9.64 Å². The topological polar surface area (TPSA) is 101 Å². The maximum Gasteiger partial charge on any atom is 0.254 e. The van der Waals surface area contributed by atoms with Crippen molar-refractivity contribution in [2.45, 2.75) is 25.8 Å². The van der Waals surface area contributed by atoms with Gasteiger partial charge >= 0.3 is 0 Å². The zero-order chi connectivity index (χ0) is 21.6. The molecule has 1 aromatic carbocycles. The predicted octanol–water partition coefficient (Wildman–Crippen LogP) is 1.68. The molecule has 29 heavy (non-hydrogen) atoms. The second-order valence-electron chi connectivity index (χ2n) is 6.58. The average molecular weight is 512 g/mol. The minimum Gasteiger partial charge on any atom is -0.491 e. The molecule has 0 aromatic heterocycles. The number of hydrogen-bond acceptors (Lipinski definition) is 6. The lowest BCUT2D eigenvalue weighted by Crippen LogP contribution is -2.50. The van der Waals surface area contributed by atoms with Crippen molar-refractivity contribution in [2.75, 3.05) is 20.2 Å². The first-order valence-corrected chi connectivity index (χ1v) is 9.97. The molecule has 0 fully saturated rings. The highest BCUT2D eigenvalue weighted by Gasteiger charge is 2.33. The van der Waals surface area contributed by atoms with E-state index in [4.69, 9.17) is 4.74 Å². The van der Waals surface area contributed by atoms with E-state index in [9.17, 15) is 24.0 Å². The summed E-state index contributed by atoms with van der Waals surface area (Å²) < 4.78 is 5.63. The highest BCUT2D eigenvalue weighted by molar-refractivity contribution is 14.1. The van der Waals surface area contributed by atoms with Crippen molar-refractivity contribution < 1.29 is 28.7 Å². The van der Waals surface area contributed by atoms with Crippen LogP contribution in [0.1, 0.15) is 28.8 Å². The lowest BCUT2D eigenvalue weighted by Gasteiger charge is -2.30. The number of imide groups is 1. The molecule has 0 saturated heterocycles. The van der Waals surface area contributed by atoms with Gasteiger partial charge in [-0.25, -0.2) is 0 Å². The van der Waals surface area contributed by atoms with Crippen LogP contribution in [0.4, 0.5) is 0 Å². The number of halogens is 1. The first kappa shape index (κ1) is 22.7. The van der Waals surface area contributed by atoms with Crippen LogP contribution in [0.3, 0.4) is 0 Å². The van der Waals surface area contributed by atoms with Gasteiger partial charge in [0.25, 0.3) is 11.8 Å². The lowest BCUT2D eigenvalue weighted by molar-refractivity contribution is -0.143. The van der Waals surface area contributed by atoms with E-state index >= 15 is 0 Å².